The van der Waals surface area contributed by atoms with Crippen LogP contribution in [0.4, 0.5) is 11.4 Å². The van der Waals surface area contributed by atoms with E-state index in [1.807, 2.05) is 44.2 Å². The third-order valence-electron chi connectivity index (χ3n) is 2.82. The third-order valence-corrected chi connectivity index (χ3v) is 3.51. The highest BCUT2D eigenvalue weighted by Crippen LogP contribution is 2.23. The normalized spacial score (nSPS) is 10.3. The second-order valence-corrected chi connectivity index (χ2v) is 5.38. The topological polar surface area (TPSA) is 55.1 Å². The van der Waals surface area contributed by atoms with Gasteiger partial charge >= 0.3 is 0 Å². The lowest BCUT2D eigenvalue weighted by atomic mass is 10.1. The molecule has 3 N–H and O–H groups in total. The molecule has 0 unspecified atom stereocenters. The molecule has 2 aromatic rings. The van der Waals surface area contributed by atoms with E-state index in [9.17, 15) is 4.79 Å². The van der Waals surface area contributed by atoms with Crippen molar-refractivity contribution in [2.75, 3.05) is 11.1 Å². The first kappa shape index (κ1) is 13.6. The van der Waals surface area contributed by atoms with Gasteiger partial charge < -0.3 is 11.1 Å². The van der Waals surface area contributed by atoms with Crippen LogP contribution < -0.4 is 11.1 Å². The lowest BCUT2D eigenvalue weighted by molar-refractivity contribution is 0.102. The van der Waals surface area contributed by atoms with E-state index in [2.05, 4.69) is 21.2 Å². The first-order valence-corrected chi connectivity index (χ1v) is 6.70. The number of nitrogens with two attached hydrogens (primary N) is 1. The lowest BCUT2D eigenvalue weighted by Crippen LogP contribution is -2.14. The van der Waals surface area contributed by atoms with Crippen molar-refractivity contribution in [1.29, 1.82) is 0 Å². The molecule has 0 bridgehead atoms. The summed E-state index contributed by atoms with van der Waals surface area (Å²) in [5.41, 5.74) is 9.73. The highest BCUT2D eigenvalue weighted by atomic mass is 79.9. The third kappa shape index (κ3) is 3.15. The Kier molecular flexibility index (Phi) is 3.90. The number of nitrogen functional groups attached to an aromatic ring is 1. The Hall–Kier alpha value is -1.81. The first-order valence-electron chi connectivity index (χ1n) is 5.91. The maximum atomic E-state index is 12.3. The molecular formula is C15H15BrN2O. The van der Waals surface area contributed by atoms with Crippen molar-refractivity contribution >= 4 is 33.2 Å². The van der Waals surface area contributed by atoms with Gasteiger partial charge in [-0.2, -0.15) is 0 Å². The molecule has 0 heterocycles. The van der Waals surface area contributed by atoms with Crippen molar-refractivity contribution < 1.29 is 4.79 Å². The zero-order chi connectivity index (χ0) is 14.0. The van der Waals surface area contributed by atoms with Gasteiger partial charge in [0.25, 0.3) is 5.91 Å². The second kappa shape index (κ2) is 5.45. The molecule has 0 atom stereocenters. The molecule has 4 heteroatoms. The molecule has 98 valence electrons. The standard InChI is InChI=1S/C15H15BrN2O/c1-9-3-5-12(16)11(7-9)15(19)18-14-8-10(2)4-6-13(14)17/h3-8H,17H2,1-2H3,(H,18,19). The molecule has 0 aromatic heterocycles. The average molecular weight is 319 g/mol. The molecule has 2 aromatic carbocycles. The summed E-state index contributed by atoms with van der Waals surface area (Å²) in [5, 5.41) is 2.84. The highest BCUT2D eigenvalue weighted by Gasteiger charge is 2.11. The Morgan fingerprint density at radius 1 is 1.11 bits per heavy atom. The predicted octanol–water partition coefficient (Wildman–Crippen LogP) is 3.90. The number of anilines is 2. The Labute approximate surface area is 121 Å². The number of amides is 1. The minimum Gasteiger partial charge on any atom is -0.397 e. The van der Waals surface area contributed by atoms with Crippen LogP contribution in [0, 0.1) is 13.8 Å². The molecule has 0 saturated carbocycles. The Bertz CT molecular complexity index is 638. The minimum atomic E-state index is -0.173. The molecule has 0 fully saturated rings. The van der Waals surface area contributed by atoms with E-state index in [0.717, 1.165) is 15.6 Å². The number of benzene rings is 2. The van der Waals surface area contributed by atoms with Crippen molar-refractivity contribution in [3.05, 3.63) is 57.6 Å². The zero-order valence-corrected chi connectivity index (χ0v) is 12.4. The summed E-state index contributed by atoms with van der Waals surface area (Å²) in [5.74, 6) is -0.173. The highest BCUT2D eigenvalue weighted by molar-refractivity contribution is 9.10. The van der Waals surface area contributed by atoms with Gasteiger partial charge in [-0.15, -0.1) is 0 Å². The first-order chi connectivity index (χ1) is 8.97. The van der Waals surface area contributed by atoms with Crippen LogP contribution in [0.5, 0.6) is 0 Å². The van der Waals surface area contributed by atoms with E-state index >= 15 is 0 Å². The molecular weight excluding hydrogens is 304 g/mol. The van der Waals surface area contributed by atoms with Crippen LogP contribution in [0.2, 0.25) is 0 Å². The van der Waals surface area contributed by atoms with Gasteiger partial charge in [-0.3, -0.25) is 4.79 Å². The maximum absolute atomic E-state index is 12.3. The fraction of sp³-hybridized carbons (Fsp3) is 0.133. The molecule has 0 saturated heterocycles. The van der Waals surface area contributed by atoms with Crippen LogP contribution in [0.25, 0.3) is 0 Å². The molecule has 0 aliphatic rings. The molecule has 2 rings (SSSR count). The number of nitrogens with one attached hydrogen (secondary N) is 1. The van der Waals surface area contributed by atoms with Crippen LogP contribution in [-0.2, 0) is 0 Å². The summed E-state index contributed by atoms with van der Waals surface area (Å²) < 4.78 is 0.766. The summed E-state index contributed by atoms with van der Waals surface area (Å²) in [4.78, 5) is 12.3. The number of aryl methyl sites for hydroxylation is 2. The van der Waals surface area contributed by atoms with E-state index < -0.39 is 0 Å². The average Bonchev–Trinajstić information content (AvgIpc) is 2.36. The summed E-state index contributed by atoms with van der Waals surface area (Å²) in [6.45, 7) is 3.90. The number of rotatable bonds is 2. The number of carbonyl (C=O) groups excluding carboxylic acids is 1. The van der Waals surface area contributed by atoms with Gasteiger partial charge in [0.2, 0.25) is 0 Å². The van der Waals surface area contributed by atoms with E-state index in [4.69, 9.17) is 5.73 Å². The van der Waals surface area contributed by atoms with Gasteiger partial charge in [-0.05, 0) is 59.6 Å². The van der Waals surface area contributed by atoms with Gasteiger partial charge in [0.1, 0.15) is 0 Å². The minimum absolute atomic E-state index is 0.173. The summed E-state index contributed by atoms with van der Waals surface area (Å²) >= 11 is 3.39. The van der Waals surface area contributed by atoms with Gasteiger partial charge in [0.05, 0.1) is 16.9 Å². The molecule has 0 aliphatic heterocycles. The van der Waals surface area contributed by atoms with E-state index in [1.54, 1.807) is 6.07 Å². The van der Waals surface area contributed by atoms with Gasteiger partial charge in [0, 0.05) is 4.47 Å². The fourth-order valence-corrected chi connectivity index (χ4v) is 2.21. The van der Waals surface area contributed by atoms with Crippen LogP contribution in [0.3, 0.4) is 0 Å². The van der Waals surface area contributed by atoms with Crippen molar-refractivity contribution in [2.24, 2.45) is 0 Å². The molecule has 1 amide bonds. The van der Waals surface area contributed by atoms with E-state index in [1.165, 1.54) is 0 Å². The summed E-state index contributed by atoms with van der Waals surface area (Å²) in [6, 6.07) is 11.2. The molecule has 0 radical (unpaired) electrons. The van der Waals surface area contributed by atoms with Gasteiger partial charge in [0.15, 0.2) is 0 Å². The molecule has 3 nitrogen and oxygen atoms in total. The number of hydrogen-bond acceptors (Lipinski definition) is 2. The fourth-order valence-electron chi connectivity index (χ4n) is 1.78. The van der Waals surface area contributed by atoms with E-state index in [-0.39, 0.29) is 5.91 Å². The lowest BCUT2D eigenvalue weighted by Gasteiger charge is -2.10. The molecule has 0 aliphatic carbocycles. The number of halogens is 1. The van der Waals surface area contributed by atoms with Crippen molar-refractivity contribution in [2.45, 2.75) is 13.8 Å². The van der Waals surface area contributed by atoms with Gasteiger partial charge in [-0.1, -0.05) is 17.7 Å². The van der Waals surface area contributed by atoms with Crippen LogP contribution in [0.15, 0.2) is 40.9 Å². The van der Waals surface area contributed by atoms with Crippen LogP contribution in [-0.4, -0.2) is 5.91 Å². The van der Waals surface area contributed by atoms with Crippen molar-refractivity contribution in [1.82, 2.24) is 0 Å². The number of hydrogen-bond donors (Lipinski definition) is 2. The van der Waals surface area contributed by atoms with E-state index in [0.29, 0.717) is 16.9 Å². The smallest absolute Gasteiger partial charge is 0.256 e. The largest absolute Gasteiger partial charge is 0.397 e. The molecule has 0 spiro atoms. The van der Waals surface area contributed by atoms with Gasteiger partial charge in [-0.25, -0.2) is 0 Å². The Balaban J connectivity index is 2.30. The Morgan fingerprint density at radius 2 is 1.74 bits per heavy atom. The number of carbonyl (C=O) groups is 1. The predicted molar refractivity (Wildman–Crippen MR) is 82.4 cm³/mol. The van der Waals surface area contributed by atoms with Crippen molar-refractivity contribution in [3.8, 4) is 0 Å². The van der Waals surface area contributed by atoms with Crippen LogP contribution in [0.1, 0.15) is 21.5 Å². The zero-order valence-electron chi connectivity index (χ0n) is 10.8. The van der Waals surface area contributed by atoms with Crippen molar-refractivity contribution in [3.63, 3.8) is 0 Å². The summed E-state index contributed by atoms with van der Waals surface area (Å²) in [7, 11) is 0. The Morgan fingerprint density at radius 3 is 2.47 bits per heavy atom. The monoisotopic (exact) mass is 318 g/mol. The molecule has 19 heavy (non-hydrogen) atoms. The second-order valence-electron chi connectivity index (χ2n) is 4.53. The maximum Gasteiger partial charge on any atom is 0.256 e. The summed E-state index contributed by atoms with van der Waals surface area (Å²) in [6.07, 6.45) is 0. The quantitative estimate of drug-likeness (QED) is 0.825. The SMILES string of the molecule is Cc1ccc(N)c(NC(=O)c2cc(C)ccc2Br)c1. The van der Waals surface area contributed by atoms with Crippen LogP contribution >= 0.6 is 15.9 Å².